The van der Waals surface area contributed by atoms with Crippen LogP contribution in [0.5, 0.6) is 0 Å². The van der Waals surface area contributed by atoms with Gasteiger partial charge in [-0.25, -0.2) is 9.86 Å². The van der Waals surface area contributed by atoms with Crippen molar-refractivity contribution in [3.8, 4) is 0 Å². The van der Waals surface area contributed by atoms with Crippen molar-refractivity contribution in [3.63, 3.8) is 0 Å². The first kappa shape index (κ1) is 67.0. The molecule has 6 heterocycles. The Labute approximate surface area is 503 Å². The van der Waals surface area contributed by atoms with Crippen molar-refractivity contribution in [2.75, 3.05) is 32.9 Å². The van der Waals surface area contributed by atoms with Crippen molar-refractivity contribution in [1.29, 1.82) is 0 Å². The quantitative estimate of drug-likeness (QED) is 0.122. The van der Waals surface area contributed by atoms with Crippen LogP contribution >= 0.6 is 0 Å². The number of methoxy groups -OCH3 is 3. The summed E-state index contributed by atoms with van der Waals surface area (Å²) in [6.45, 7) is 16.4. The summed E-state index contributed by atoms with van der Waals surface area (Å²) in [5.74, 6) is -9.15. The third-order valence-corrected chi connectivity index (χ3v) is 18.6. The number of piperidine rings is 1. The number of fused-ring (bicyclic) bond motifs is 16. The summed E-state index contributed by atoms with van der Waals surface area (Å²) in [6.07, 6.45) is 8.05. The zero-order valence-electron chi connectivity index (χ0n) is 52.2. The molecule has 17 atom stereocenters. The lowest BCUT2D eigenvalue weighted by atomic mass is 9.78. The smallest absolute Gasteiger partial charge is 0.329 e. The number of hydrogen-bond donors (Lipinski definition) is 2. The highest BCUT2D eigenvalue weighted by Gasteiger charge is 2.53. The molecule has 3 fully saturated rings. The molecule has 1 aromatic carbocycles. The van der Waals surface area contributed by atoms with Gasteiger partial charge in [-0.2, -0.15) is 0 Å². The van der Waals surface area contributed by atoms with Crippen LogP contribution in [0.3, 0.4) is 0 Å². The summed E-state index contributed by atoms with van der Waals surface area (Å²) in [4.78, 5) is 98.9. The first-order chi connectivity index (χ1) is 40.4. The molecule has 2 saturated heterocycles. The Morgan fingerprint density at radius 2 is 1.56 bits per heavy atom. The van der Waals surface area contributed by atoms with Crippen molar-refractivity contribution in [2.24, 2.45) is 40.9 Å². The van der Waals surface area contributed by atoms with Crippen LogP contribution < -0.4 is 5.06 Å². The van der Waals surface area contributed by atoms with Crippen LogP contribution in [0.15, 0.2) is 90.2 Å². The van der Waals surface area contributed by atoms with E-state index >= 15 is 0 Å². The predicted molar refractivity (Wildman–Crippen MR) is 319 cm³/mol. The fourth-order valence-electron chi connectivity index (χ4n) is 13.2. The maximum Gasteiger partial charge on any atom is 0.329 e. The van der Waals surface area contributed by atoms with Crippen molar-refractivity contribution >= 4 is 40.9 Å². The first-order valence-corrected chi connectivity index (χ1v) is 30.8. The number of anilines is 1. The fourth-order valence-corrected chi connectivity index (χ4v) is 13.2. The Kier molecular flexibility index (Phi) is 23.6. The van der Waals surface area contributed by atoms with Gasteiger partial charge in [-0.1, -0.05) is 77.1 Å². The van der Waals surface area contributed by atoms with Gasteiger partial charge in [0, 0.05) is 76.8 Å². The Bertz CT molecular complexity index is 2700. The average Bonchev–Trinajstić information content (AvgIpc) is 1.98. The van der Waals surface area contributed by atoms with Gasteiger partial charge in [-0.15, -0.1) is 0 Å². The first-order valence-electron chi connectivity index (χ1n) is 30.8. The second kappa shape index (κ2) is 30.0. The van der Waals surface area contributed by atoms with E-state index in [2.05, 4.69) is 11.1 Å². The summed E-state index contributed by atoms with van der Waals surface area (Å²) in [5, 5.41) is 26.0. The van der Waals surface area contributed by atoms with E-state index in [9.17, 15) is 39.0 Å². The molecule has 1 aliphatic carbocycles. The Balaban J connectivity index is 1.17. The van der Waals surface area contributed by atoms with E-state index in [1.807, 2.05) is 107 Å². The Hall–Kier alpha value is -5.47. The van der Waals surface area contributed by atoms with Crippen LogP contribution in [0.4, 0.5) is 5.69 Å². The number of para-hydroxylation sites is 1. The van der Waals surface area contributed by atoms with E-state index in [0.717, 1.165) is 17.0 Å². The molecular weight excluding hydrogens is 1090 g/mol. The van der Waals surface area contributed by atoms with Crippen LogP contribution in [0.1, 0.15) is 145 Å². The highest BCUT2D eigenvalue weighted by atomic mass is 16.7. The normalized spacial score (nSPS) is 35.5. The predicted octanol–water partition coefficient (Wildman–Crippen LogP) is 9.03. The molecule has 8 rings (SSSR count). The molecule has 18 heteroatoms. The number of aliphatic hydroxyl groups is 2. The third-order valence-electron chi connectivity index (χ3n) is 18.6. The number of benzene rings is 1. The van der Waals surface area contributed by atoms with Crippen LogP contribution in [0, 0.1) is 40.9 Å². The average molecular weight is 1180 g/mol. The summed E-state index contributed by atoms with van der Waals surface area (Å²) in [6, 6.07) is 13.8. The number of ether oxygens (including phenoxy) is 6. The lowest BCUT2D eigenvalue weighted by molar-refractivity contribution is -0.265. The van der Waals surface area contributed by atoms with E-state index in [-0.39, 0.29) is 61.2 Å². The number of amides is 1. The number of aromatic nitrogens is 1. The molecule has 5 aliphatic heterocycles. The molecule has 1 aromatic heterocycles. The van der Waals surface area contributed by atoms with Crippen LogP contribution in [-0.2, 0) is 68.4 Å². The van der Waals surface area contributed by atoms with Gasteiger partial charge in [0.05, 0.1) is 35.5 Å². The zero-order valence-corrected chi connectivity index (χ0v) is 52.2. The van der Waals surface area contributed by atoms with Gasteiger partial charge in [-0.05, 0) is 151 Å². The monoisotopic (exact) mass is 1180 g/mol. The highest BCUT2D eigenvalue weighted by Crippen LogP contribution is 2.40. The standard InChI is InChI=1S/C67H95N3O15/c1-40-32-44(5)59(72)61(81-12)60(73)45(6)33-41(2)54(71)38-57(42(3)34-47-25-29-55(58(36-47)80-11)83-65(77)66(8,9)39-48-20-16-18-30-68-48)82-64(76)53-23-17-19-31-69(53)63(75)62(74)67(78)46(7)24-26-50(84-67)37-56(79-10)43(4)35-51-27-28-52(40)70(85-51)49-21-14-13-15-22-49/h13-16,18,20-22,27-28,30,33,35,40-42,44,46-47,50-53,55-58,60-61,73,78H,17,19,23-26,29,31-32,34,36-39H2,1-12H3/b43-35+,45-33+/t40-,41+,42+,44+,46+,47-,50-,51?,52?,53-,55+,56-,57-,58+,60+,61-,67+/m0/s1. The van der Waals surface area contributed by atoms with Gasteiger partial charge in [0.15, 0.2) is 5.78 Å². The number of aliphatic hydroxyl groups excluding tert-OH is 1. The number of pyridine rings is 1. The SMILES string of the molecule is CO[C@H]1C[C@@H]2CC[C@@H](C)[C@@](O)(O2)C(=O)C(=O)N2CCCC[C@H]2C(=O)O[C@H]([C@H](C)C[C@@H]2CC[C@@H](OC(=O)C(C)(C)Cc3ccccn3)[C@H](OC)C2)CC(=O)[C@H](C)/C=C(\C)[C@@H](O)[C@@H](OC)C(=O)[C@H](C)C[C@H](C)C2C=CC(/C=C/1C)ON2c1ccccc1. The maximum absolute atomic E-state index is 14.8. The number of rotatable bonds is 11. The molecule has 0 spiro atoms. The number of hydroxylamine groups is 1. The van der Waals surface area contributed by atoms with Crippen molar-refractivity contribution < 1.29 is 72.2 Å². The number of Topliss-reactive ketones (excluding diaryl/α,β-unsaturated/α-hetero) is 3. The summed E-state index contributed by atoms with van der Waals surface area (Å²) < 4.78 is 36.6. The van der Waals surface area contributed by atoms with E-state index in [1.165, 1.54) is 12.0 Å². The third kappa shape index (κ3) is 16.6. The second-order valence-electron chi connectivity index (χ2n) is 25.7. The number of carbonyl (C=O) groups is 6. The Morgan fingerprint density at radius 3 is 2.25 bits per heavy atom. The zero-order chi connectivity index (χ0) is 61.9. The van der Waals surface area contributed by atoms with E-state index in [4.69, 9.17) is 33.3 Å². The van der Waals surface area contributed by atoms with Crippen LogP contribution in [0.25, 0.3) is 0 Å². The summed E-state index contributed by atoms with van der Waals surface area (Å²) in [5.41, 5.74) is 1.89. The van der Waals surface area contributed by atoms with Crippen molar-refractivity contribution in [1.82, 2.24) is 9.88 Å². The van der Waals surface area contributed by atoms with E-state index in [1.54, 1.807) is 47.3 Å². The lowest BCUT2D eigenvalue weighted by Gasteiger charge is -2.43. The summed E-state index contributed by atoms with van der Waals surface area (Å²) >= 11 is 0. The number of allylic oxidation sites excluding steroid dienone is 1. The molecule has 1 amide bonds. The number of hydrogen-bond acceptors (Lipinski definition) is 17. The minimum absolute atomic E-state index is 0.0119. The largest absolute Gasteiger partial charge is 0.460 e. The molecule has 4 bridgehead atoms. The number of nitrogens with zero attached hydrogens (tertiary/aromatic N) is 3. The molecule has 18 nitrogen and oxygen atoms in total. The van der Waals surface area contributed by atoms with Crippen LogP contribution in [0.2, 0.25) is 0 Å². The fraction of sp³-hybridized carbons (Fsp3) is 0.657. The second-order valence-corrected chi connectivity index (χ2v) is 25.7. The maximum atomic E-state index is 14.8. The molecule has 6 aliphatic rings. The molecule has 0 radical (unpaired) electrons. The van der Waals surface area contributed by atoms with Gasteiger partial charge in [0.1, 0.15) is 42.3 Å². The van der Waals surface area contributed by atoms with Gasteiger partial charge in [0.25, 0.3) is 11.7 Å². The molecule has 85 heavy (non-hydrogen) atoms. The van der Waals surface area contributed by atoms with E-state index < -0.39 is 107 Å². The van der Waals surface area contributed by atoms with Gasteiger partial charge in [0.2, 0.25) is 5.79 Å². The minimum Gasteiger partial charge on any atom is -0.460 e. The molecule has 1 saturated carbocycles. The molecule has 2 unspecified atom stereocenters. The van der Waals surface area contributed by atoms with Crippen LogP contribution in [-0.4, -0.2) is 150 Å². The molecule has 2 aromatic rings. The van der Waals surface area contributed by atoms with Gasteiger partial charge in [-0.3, -0.25) is 33.8 Å². The number of carbonyl (C=O) groups excluding carboxylic acids is 6. The topological polar surface area (TPSA) is 227 Å². The summed E-state index contributed by atoms with van der Waals surface area (Å²) in [7, 11) is 4.55. The highest BCUT2D eigenvalue weighted by molar-refractivity contribution is 6.39. The number of ketones is 3. The van der Waals surface area contributed by atoms with Gasteiger partial charge >= 0.3 is 11.9 Å². The van der Waals surface area contributed by atoms with Crippen molar-refractivity contribution in [2.45, 2.75) is 212 Å². The van der Waals surface area contributed by atoms with Crippen molar-refractivity contribution in [3.05, 3.63) is 95.9 Å². The number of esters is 2. The molecule has 468 valence electrons. The minimum atomic E-state index is -2.50. The van der Waals surface area contributed by atoms with Gasteiger partial charge < -0.3 is 43.5 Å². The molecule has 2 N–H and O–H groups in total. The molecular formula is C67H95N3O15. The lowest BCUT2D eigenvalue weighted by Crippen LogP contribution is -2.61. The Morgan fingerprint density at radius 1 is 0.835 bits per heavy atom. The van der Waals surface area contributed by atoms with E-state index in [0.29, 0.717) is 69.8 Å².